The van der Waals surface area contributed by atoms with Crippen LogP contribution in [0, 0.1) is 0 Å². The van der Waals surface area contributed by atoms with Crippen LogP contribution in [-0.2, 0) is 0 Å². The van der Waals surface area contributed by atoms with Gasteiger partial charge < -0.3 is 4.90 Å². The van der Waals surface area contributed by atoms with Gasteiger partial charge >= 0.3 is 0 Å². The molecule has 2 heteroatoms. The molecule has 1 aliphatic heterocycles. The van der Waals surface area contributed by atoms with Crippen LogP contribution in [0.5, 0.6) is 0 Å². The number of likely N-dealkylation sites (tertiary alicyclic amines) is 1. The van der Waals surface area contributed by atoms with E-state index in [1.807, 2.05) is 0 Å². The van der Waals surface area contributed by atoms with E-state index in [1.165, 1.54) is 50.2 Å². The topological polar surface area (TPSA) is 3.24 Å². The van der Waals surface area contributed by atoms with E-state index in [2.05, 4.69) is 37.8 Å². The summed E-state index contributed by atoms with van der Waals surface area (Å²) in [5.41, 5.74) is 0. The van der Waals surface area contributed by atoms with Gasteiger partial charge in [-0.05, 0) is 45.1 Å². The summed E-state index contributed by atoms with van der Waals surface area (Å²) in [7, 11) is -0.990. The Bertz CT molecular complexity index is 191. The monoisotopic (exact) mass is 225 g/mol. The summed E-state index contributed by atoms with van der Waals surface area (Å²) in [6, 6.07) is 4.29. The summed E-state index contributed by atoms with van der Waals surface area (Å²) >= 11 is 0. The second-order valence-electron chi connectivity index (χ2n) is 4.96. The second-order valence-corrected chi connectivity index (χ2v) is 10.1. The molecule has 0 saturated carbocycles. The molecular weight excluding hydrogens is 198 g/mol. The highest BCUT2D eigenvalue weighted by molar-refractivity contribution is 6.80. The average Bonchev–Trinajstić information content (AvgIpc) is 2.77. The van der Waals surface area contributed by atoms with Crippen molar-refractivity contribution in [3.8, 4) is 0 Å². The maximum Gasteiger partial charge on any atom is 0.0722 e. The smallest absolute Gasteiger partial charge is 0.0722 e. The third-order valence-corrected chi connectivity index (χ3v) is 9.26. The zero-order valence-electron chi connectivity index (χ0n) is 10.8. The molecule has 0 atom stereocenters. The first kappa shape index (κ1) is 13.0. The second kappa shape index (κ2) is 6.49. The van der Waals surface area contributed by atoms with E-state index in [1.54, 1.807) is 0 Å². The maximum absolute atomic E-state index is 2.72. The van der Waals surface area contributed by atoms with E-state index >= 15 is 0 Å². The first-order valence-corrected chi connectivity index (χ1v) is 9.42. The largest absolute Gasteiger partial charge is 0.306 e. The predicted octanol–water partition coefficient (Wildman–Crippen LogP) is 3.69. The Morgan fingerprint density at radius 2 is 1.73 bits per heavy atom. The quantitative estimate of drug-likeness (QED) is 0.492. The fraction of sp³-hybridized carbons (Fsp3) is 0.846. The van der Waals surface area contributed by atoms with E-state index in [0.717, 1.165) is 0 Å². The SMILES string of the molecule is C/C=C/C[Si](CC)(CC)CN1CCCC1. The molecule has 0 unspecified atom stereocenters. The van der Waals surface area contributed by atoms with Gasteiger partial charge in [-0.15, -0.1) is 0 Å². The van der Waals surface area contributed by atoms with Crippen LogP contribution in [0.4, 0.5) is 0 Å². The Kier molecular flexibility index (Phi) is 5.62. The van der Waals surface area contributed by atoms with Gasteiger partial charge in [-0.1, -0.05) is 38.1 Å². The Hall–Kier alpha value is -0.0831. The number of rotatable bonds is 6. The van der Waals surface area contributed by atoms with Crippen molar-refractivity contribution in [1.82, 2.24) is 4.90 Å². The van der Waals surface area contributed by atoms with Gasteiger partial charge in [-0.25, -0.2) is 0 Å². The standard InChI is InChI=1S/C13H27NSi/c1-4-7-12-15(5-2,6-3)13-14-10-8-9-11-14/h4,7H,5-6,8-13H2,1-3H3/b7-4+. The van der Waals surface area contributed by atoms with Crippen molar-refractivity contribution in [3.05, 3.63) is 12.2 Å². The molecule has 88 valence electrons. The molecule has 0 aliphatic carbocycles. The minimum absolute atomic E-state index is 0.990. The molecule has 0 spiro atoms. The maximum atomic E-state index is 2.72. The van der Waals surface area contributed by atoms with Crippen molar-refractivity contribution in [3.63, 3.8) is 0 Å². The van der Waals surface area contributed by atoms with Gasteiger partial charge in [0.05, 0.1) is 8.07 Å². The fourth-order valence-electron chi connectivity index (χ4n) is 2.61. The van der Waals surface area contributed by atoms with Crippen molar-refractivity contribution in [2.45, 2.75) is 51.7 Å². The summed E-state index contributed by atoms with van der Waals surface area (Å²) in [6.07, 6.45) is 8.96. The summed E-state index contributed by atoms with van der Waals surface area (Å²) in [5.74, 6) is 0. The van der Waals surface area contributed by atoms with Crippen LogP contribution in [0.1, 0.15) is 33.6 Å². The number of allylic oxidation sites excluding steroid dienone is 2. The summed E-state index contributed by atoms with van der Waals surface area (Å²) in [5, 5.41) is 0. The predicted molar refractivity (Wildman–Crippen MR) is 72.0 cm³/mol. The highest BCUT2D eigenvalue weighted by Crippen LogP contribution is 2.24. The van der Waals surface area contributed by atoms with Crippen LogP contribution in [-0.4, -0.2) is 32.2 Å². The van der Waals surface area contributed by atoms with E-state index < -0.39 is 8.07 Å². The van der Waals surface area contributed by atoms with Gasteiger partial charge in [0.1, 0.15) is 0 Å². The number of nitrogens with zero attached hydrogens (tertiary/aromatic N) is 1. The molecule has 1 rings (SSSR count). The highest BCUT2D eigenvalue weighted by Gasteiger charge is 2.30. The van der Waals surface area contributed by atoms with Crippen LogP contribution < -0.4 is 0 Å². The van der Waals surface area contributed by atoms with Crippen LogP contribution in [0.25, 0.3) is 0 Å². The van der Waals surface area contributed by atoms with Crippen molar-refractivity contribution < 1.29 is 0 Å². The Morgan fingerprint density at radius 1 is 1.13 bits per heavy atom. The van der Waals surface area contributed by atoms with Gasteiger partial charge in [-0.3, -0.25) is 0 Å². The molecule has 0 radical (unpaired) electrons. The van der Waals surface area contributed by atoms with E-state index in [9.17, 15) is 0 Å². The first-order chi connectivity index (χ1) is 7.26. The van der Waals surface area contributed by atoms with Crippen molar-refractivity contribution in [2.24, 2.45) is 0 Å². The molecule has 15 heavy (non-hydrogen) atoms. The van der Waals surface area contributed by atoms with Crippen LogP contribution in [0.3, 0.4) is 0 Å². The summed E-state index contributed by atoms with van der Waals surface area (Å²) < 4.78 is 0. The molecule has 0 N–H and O–H groups in total. The molecule has 1 saturated heterocycles. The van der Waals surface area contributed by atoms with Crippen LogP contribution in [0.15, 0.2) is 12.2 Å². The molecule has 0 aromatic rings. The molecular formula is C13H27NSi. The zero-order valence-corrected chi connectivity index (χ0v) is 11.8. The molecule has 0 bridgehead atoms. The molecule has 1 heterocycles. The Balaban J connectivity index is 2.53. The zero-order chi connectivity index (χ0) is 11.1. The molecule has 0 aromatic carbocycles. The van der Waals surface area contributed by atoms with E-state index in [4.69, 9.17) is 0 Å². The number of hydrogen-bond donors (Lipinski definition) is 0. The lowest BCUT2D eigenvalue weighted by molar-refractivity contribution is 0.387. The van der Waals surface area contributed by atoms with E-state index in [0.29, 0.717) is 0 Å². The molecule has 0 aromatic heterocycles. The molecule has 1 fully saturated rings. The molecule has 1 aliphatic rings. The minimum atomic E-state index is -0.990. The Labute approximate surface area is 96.6 Å². The summed E-state index contributed by atoms with van der Waals surface area (Å²) in [4.78, 5) is 2.72. The van der Waals surface area contributed by atoms with Gasteiger partial charge in [0, 0.05) is 0 Å². The Morgan fingerprint density at radius 3 is 2.20 bits per heavy atom. The van der Waals surface area contributed by atoms with Gasteiger partial charge in [-0.2, -0.15) is 0 Å². The van der Waals surface area contributed by atoms with Crippen LogP contribution >= 0.6 is 0 Å². The third kappa shape index (κ3) is 3.76. The first-order valence-electron chi connectivity index (χ1n) is 6.60. The van der Waals surface area contributed by atoms with Crippen molar-refractivity contribution in [1.29, 1.82) is 0 Å². The normalized spacial score (nSPS) is 19.1. The van der Waals surface area contributed by atoms with Gasteiger partial charge in [0.25, 0.3) is 0 Å². The third-order valence-electron chi connectivity index (χ3n) is 4.04. The lowest BCUT2D eigenvalue weighted by Crippen LogP contribution is -2.45. The average molecular weight is 225 g/mol. The fourth-order valence-corrected chi connectivity index (χ4v) is 6.26. The van der Waals surface area contributed by atoms with Gasteiger partial charge in [0.15, 0.2) is 0 Å². The molecule has 1 nitrogen and oxygen atoms in total. The van der Waals surface area contributed by atoms with Gasteiger partial charge in [0.2, 0.25) is 0 Å². The minimum Gasteiger partial charge on any atom is -0.306 e. The lowest BCUT2D eigenvalue weighted by atomic mass is 10.4. The lowest BCUT2D eigenvalue weighted by Gasteiger charge is -2.33. The number of hydrogen-bond acceptors (Lipinski definition) is 1. The summed E-state index contributed by atoms with van der Waals surface area (Å²) in [6.45, 7) is 9.71. The van der Waals surface area contributed by atoms with Crippen molar-refractivity contribution in [2.75, 3.05) is 19.3 Å². The molecule has 0 amide bonds. The van der Waals surface area contributed by atoms with Crippen LogP contribution in [0.2, 0.25) is 18.1 Å². The van der Waals surface area contributed by atoms with E-state index in [-0.39, 0.29) is 0 Å². The van der Waals surface area contributed by atoms with Crippen molar-refractivity contribution >= 4 is 8.07 Å². The highest BCUT2D eigenvalue weighted by atomic mass is 28.3.